The molecular formula is C19H24N2O2. The summed E-state index contributed by atoms with van der Waals surface area (Å²) in [5, 5.41) is 6.30. The van der Waals surface area contributed by atoms with Gasteiger partial charge in [0.25, 0.3) is 5.91 Å². The van der Waals surface area contributed by atoms with Gasteiger partial charge in [0.05, 0.1) is 7.11 Å². The first-order valence-corrected chi connectivity index (χ1v) is 7.67. The van der Waals surface area contributed by atoms with Crippen molar-refractivity contribution in [2.45, 2.75) is 32.9 Å². The van der Waals surface area contributed by atoms with E-state index in [0.717, 1.165) is 23.5 Å². The zero-order chi connectivity index (χ0) is 16.9. The number of rotatable bonds is 5. The second kappa shape index (κ2) is 7.29. The number of benzene rings is 2. The van der Waals surface area contributed by atoms with Crippen molar-refractivity contribution in [1.82, 2.24) is 5.32 Å². The molecule has 23 heavy (non-hydrogen) atoms. The monoisotopic (exact) mass is 312 g/mol. The second-order valence-electron chi connectivity index (χ2n) is 6.48. The molecule has 0 saturated carbocycles. The van der Waals surface area contributed by atoms with Crippen LogP contribution in [0.1, 0.15) is 36.7 Å². The Kier molecular flexibility index (Phi) is 5.40. The number of anilines is 1. The zero-order valence-corrected chi connectivity index (χ0v) is 14.1. The fraction of sp³-hybridized carbons (Fsp3) is 0.316. The van der Waals surface area contributed by atoms with Gasteiger partial charge in [-0.1, -0.05) is 12.1 Å². The quantitative estimate of drug-likeness (QED) is 0.882. The molecule has 2 aromatic rings. The van der Waals surface area contributed by atoms with Crippen molar-refractivity contribution in [2.75, 3.05) is 12.4 Å². The third kappa shape index (κ3) is 5.42. The minimum absolute atomic E-state index is 0.0738. The molecule has 1 amide bonds. The number of ether oxygens (including phenoxy) is 1. The minimum Gasteiger partial charge on any atom is -0.497 e. The van der Waals surface area contributed by atoms with Gasteiger partial charge in [-0.05, 0) is 62.7 Å². The fourth-order valence-electron chi connectivity index (χ4n) is 2.02. The van der Waals surface area contributed by atoms with Crippen molar-refractivity contribution >= 4 is 11.6 Å². The molecule has 0 bridgehead atoms. The van der Waals surface area contributed by atoms with Gasteiger partial charge >= 0.3 is 0 Å². The number of amides is 1. The Labute approximate surface area is 137 Å². The van der Waals surface area contributed by atoms with Crippen LogP contribution in [0.3, 0.4) is 0 Å². The van der Waals surface area contributed by atoms with Crippen molar-refractivity contribution in [3.05, 3.63) is 59.7 Å². The van der Waals surface area contributed by atoms with E-state index in [-0.39, 0.29) is 11.4 Å². The lowest BCUT2D eigenvalue weighted by Gasteiger charge is -2.20. The SMILES string of the molecule is COc1ccc(NC(=O)c2ccc(CNC(C)(C)C)cc2)cc1. The first-order valence-electron chi connectivity index (χ1n) is 7.67. The van der Waals surface area contributed by atoms with Gasteiger partial charge in [-0.2, -0.15) is 0 Å². The zero-order valence-electron chi connectivity index (χ0n) is 14.1. The van der Waals surface area contributed by atoms with Crippen molar-refractivity contribution in [2.24, 2.45) is 0 Å². The Morgan fingerprint density at radius 2 is 1.61 bits per heavy atom. The number of carbonyl (C=O) groups excluding carboxylic acids is 1. The summed E-state index contributed by atoms with van der Waals surface area (Å²) in [7, 11) is 1.61. The third-order valence-corrected chi connectivity index (χ3v) is 3.39. The smallest absolute Gasteiger partial charge is 0.255 e. The number of hydrogen-bond acceptors (Lipinski definition) is 3. The lowest BCUT2D eigenvalue weighted by atomic mass is 10.1. The molecule has 4 heteroatoms. The molecule has 0 aliphatic rings. The Balaban J connectivity index is 1.96. The van der Waals surface area contributed by atoms with Crippen LogP contribution < -0.4 is 15.4 Å². The van der Waals surface area contributed by atoms with Crippen LogP contribution in [-0.2, 0) is 6.54 Å². The highest BCUT2D eigenvalue weighted by atomic mass is 16.5. The van der Waals surface area contributed by atoms with Crippen LogP contribution >= 0.6 is 0 Å². The highest BCUT2D eigenvalue weighted by Gasteiger charge is 2.09. The average molecular weight is 312 g/mol. The Morgan fingerprint density at radius 1 is 1.00 bits per heavy atom. The summed E-state index contributed by atoms with van der Waals surface area (Å²) in [6.45, 7) is 7.17. The molecule has 0 aliphatic heterocycles. The van der Waals surface area contributed by atoms with E-state index in [1.54, 1.807) is 7.11 Å². The molecule has 0 radical (unpaired) electrons. The lowest BCUT2D eigenvalue weighted by molar-refractivity contribution is 0.102. The number of nitrogens with one attached hydrogen (secondary N) is 2. The highest BCUT2D eigenvalue weighted by Crippen LogP contribution is 2.16. The van der Waals surface area contributed by atoms with Gasteiger partial charge in [0, 0.05) is 23.3 Å². The molecular weight excluding hydrogens is 288 g/mol. The molecule has 4 nitrogen and oxygen atoms in total. The van der Waals surface area contributed by atoms with Crippen molar-refractivity contribution in [1.29, 1.82) is 0 Å². The summed E-state index contributed by atoms with van der Waals surface area (Å²) in [5.74, 6) is 0.643. The van der Waals surface area contributed by atoms with Gasteiger partial charge in [0.15, 0.2) is 0 Å². The van der Waals surface area contributed by atoms with Gasteiger partial charge in [0.2, 0.25) is 0 Å². The van der Waals surface area contributed by atoms with E-state index in [1.165, 1.54) is 0 Å². The van der Waals surface area contributed by atoms with Crippen LogP contribution in [0.2, 0.25) is 0 Å². The van der Waals surface area contributed by atoms with E-state index in [1.807, 2.05) is 48.5 Å². The summed E-state index contributed by atoms with van der Waals surface area (Å²) in [5.41, 5.74) is 2.61. The molecule has 0 spiro atoms. The minimum atomic E-state index is -0.120. The van der Waals surface area contributed by atoms with Crippen molar-refractivity contribution in [3.63, 3.8) is 0 Å². The molecule has 0 aromatic heterocycles. The Morgan fingerprint density at radius 3 is 2.13 bits per heavy atom. The molecule has 2 rings (SSSR count). The van der Waals surface area contributed by atoms with Gasteiger partial charge < -0.3 is 15.4 Å². The molecule has 0 atom stereocenters. The molecule has 0 aliphatic carbocycles. The van der Waals surface area contributed by atoms with Crippen LogP contribution in [-0.4, -0.2) is 18.6 Å². The highest BCUT2D eigenvalue weighted by molar-refractivity contribution is 6.04. The van der Waals surface area contributed by atoms with E-state index in [0.29, 0.717) is 5.56 Å². The number of carbonyl (C=O) groups is 1. The topological polar surface area (TPSA) is 50.4 Å². The van der Waals surface area contributed by atoms with E-state index in [2.05, 4.69) is 31.4 Å². The molecule has 0 unspecified atom stereocenters. The Hall–Kier alpha value is -2.33. The maximum absolute atomic E-state index is 12.2. The van der Waals surface area contributed by atoms with E-state index in [4.69, 9.17) is 4.74 Å². The van der Waals surface area contributed by atoms with Crippen LogP contribution in [0.15, 0.2) is 48.5 Å². The van der Waals surface area contributed by atoms with Crippen molar-refractivity contribution < 1.29 is 9.53 Å². The van der Waals surface area contributed by atoms with Gasteiger partial charge in [-0.15, -0.1) is 0 Å². The number of methoxy groups -OCH3 is 1. The van der Waals surface area contributed by atoms with Gasteiger partial charge in [-0.3, -0.25) is 4.79 Å². The van der Waals surface area contributed by atoms with Gasteiger partial charge in [-0.25, -0.2) is 0 Å². The van der Waals surface area contributed by atoms with Gasteiger partial charge in [0.1, 0.15) is 5.75 Å². The summed E-state index contributed by atoms with van der Waals surface area (Å²) in [6, 6.07) is 14.9. The second-order valence-corrected chi connectivity index (χ2v) is 6.48. The van der Waals surface area contributed by atoms with Crippen LogP contribution in [0.5, 0.6) is 5.75 Å². The fourth-order valence-corrected chi connectivity index (χ4v) is 2.02. The molecule has 0 fully saturated rings. The predicted octanol–water partition coefficient (Wildman–Crippen LogP) is 3.84. The van der Waals surface area contributed by atoms with E-state index in [9.17, 15) is 4.79 Å². The van der Waals surface area contributed by atoms with Crippen molar-refractivity contribution in [3.8, 4) is 5.75 Å². The summed E-state index contributed by atoms with van der Waals surface area (Å²) < 4.78 is 5.10. The lowest BCUT2D eigenvalue weighted by Crippen LogP contribution is -2.35. The number of hydrogen-bond donors (Lipinski definition) is 2. The largest absolute Gasteiger partial charge is 0.497 e. The first kappa shape index (κ1) is 17.0. The molecule has 2 N–H and O–H groups in total. The summed E-state index contributed by atoms with van der Waals surface area (Å²) in [4.78, 5) is 12.2. The average Bonchev–Trinajstić information content (AvgIpc) is 2.53. The molecule has 122 valence electrons. The van der Waals surface area contributed by atoms with Crippen LogP contribution in [0.4, 0.5) is 5.69 Å². The molecule has 2 aromatic carbocycles. The van der Waals surface area contributed by atoms with E-state index < -0.39 is 0 Å². The summed E-state index contributed by atoms with van der Waals surface area (Å²) >= 11 is 0. The third-order valence-electron chi connectivity index (χ3n) is 3.39. The normalized spacial score (nSPS) is 11.1. The Bertz CT molecular complexity index is 641. The first-order chi connectivity index (χ1) is 10.9. The maximum atomic E-state index is 12.2. The molecule has 0 saturated heterocycles. The van der Waals surface area contributed by atoms with E-state index >= 15 is 0 Å². The van der Waals surface area contributed by atoms with Crippen LogP contribution in [0.25, 0.3) is 0 Å². The maximum Gasteiger partial charge on any atom is 0.255 e. The predicted molar refractivity (Wildman–Crippen MR) is 94.0 cm³/mol. The summed E-state index contributed by atoms with van der Waals surface area (Å²) in [6.07, 6.45) is 0. The van der Waals surface area contributed by atoms with Crippen LogP contribution in [0, 0.1) is 0 Å². The molecule has 0 heterocycles. The standard InChI is InChI=1S/C19H24N2O2/c1-19(2,3)20-13-14-5-7-15(8-6-14)18(22)21-16-9-11-17(23-4)12-10-16/h5-12,20H,13H2,1-4H3,(H,21,22).